The van der Waals surface area contributed by atoms with E-state index in [0.717, 1.165) is 23.2 Å². The Morgan fingerprint density at radius 3 is 2.11 bits per heavy atom. The number of hydrogen-bond donors (Lipinski definition) is 0. The zero-order valence-electron chi connectivity index (χ0n) is 10.5. The van der Waals surface area contributed by atoms with Gasteiger partial charge < -0.3 is 0 Å². The Morgan fingerprint density at radius 1 is 0.895 bits per heavy atom. The first-order valence-electron chi connectivity index (χ1n) is 6.23. The molecule has 0 saturated carbocycles. The van der Waals surface area contributed by atoms with E-state index >= 15 is 0 Å². The molecule has 0 aromatic heterocycles. The van der Waals surface area contributed by atoms with Gasteiger partial charge in [0.2, 0.25) is 0 Å². The molecule has 0 N–H and O–H groups in total. The zero-order valence-corrected chi connectivity index (χ0v) is 14.4. The van der Waals surface area contributed by atoms with E-state index in [-0.39, 0.29) is 0 Å². The third kappa shape index (κ3) is 4.34. The van der Waals surface area contributed by atoms with Crippen LogP contribution in [0.25, 0.3) is 0 Å². The molecule has 0 fully saturated rings. The van der Waals surface area contributed by atoms with Crippen LogP contribution in [0, 0.1) is 5.92 Å². The second kappa shape index (κ2) is 7.47. The summed E-state index contributed by atoms with van der Waals surface area (Å²) in [5, 5.41) is 1.83. The molecule has 0 bridgehead atoms. The summed E-state index contributed by atoms with van der Waals surface area (Å²) in [4.78, 5) is 0. The molecular weight excluding hydrogens is 387 g/mol. The summed E-state index contributed by atoms with van der Waals surface area (Å²) < 4.78 is 1.18. The first kappa shape index (κ1) is 15.1. The van der Waals surface area contributed by atoms with Crippen LogP contribution in [0.5, 0.6) is 0 Å². The van der Waals surface area contributed by atoms with Crippen LogP contribution < -0.4 is 0 Å². The molecule has 19 heavy (non-hydrogen) atoms. The molecule has 1 atom stereocenters. The number of benzene rings is 2. The van der Waals surface area contributed by atoms with E-state index in [1.54, 1.807) is 0 Å². The van der Waals surface area contributed by atoms with Crippen LogP contribution in [-0.4, -0.2) is 5.33 Å². The van der Waals surface area contributed by atoms with Crippen molar-refractivity contribution in [1.82, 2.24) is 0 Å². The molecule has 0 nitrogen and oxygen atoms in total. The zero-order chi connectivity index (χ0) is 13.7. The molecule has 2 rings (SSSR count). The molecule has 0 aliphatic heterocycles. The fraction of sp³-hybridized carbons (Fsp3) is 0.250. The summed E-state index contributed by atoms with van der Waals surface area (Å²) >= 11 is 13.5. The monoisotopic (exact) mass is 400 g/mol. The van der Waals surface area contributed by atoms with E-state index in [2.05, 4.69) is 56.1 Å². The van der Waals surface area contributed by atoms with Gasteiger partial charge in [0.05, 0.1) is 0 Å². The van der Waals surface area contributed by atoms with Crippen LogP contribution >= 0.6 is 43.5 Å². The molecule has 0 heterocycles. The van der Waals surface area contributed by atoms with E-state index in [1.807, 2.05) is 24.3 Å². The largest absolute Gasteiger partial charge is 0.0925 e. The average molecular weight is 403 g/mol. The number of hydrogen-bond acceptors (Lipinski definition) is 0. The van der Waals surface area contributed by atoms with Gasteiger partial charge in [0.15, 0.2) is 0 Å². The molecule has 0 saturated heterocycles. The number of alkyl halides is 1. The van der Waals surface area contributed by atoms with E-state index in [9.17, 15) is 0 Å². The maximum Gasteiger partial charge on any atom is 0.0438 e. The minimum Gasteiger partial charge on any atom is -0.0925 e. The molecule has 2 aromatic carbocycles. The summed E-state index contributed by atoms with van der Waals surface area (Å²) in [6.45, 7) is 0. The Kier molecular flexibility index (Phi) is 5.93. The van der Waals surface area contributed by atoms with E-state index in [0.29, 0.717) is 5.92 Å². The van der Waals surface area contributed by atoms with Crippen molar-refractivity contribution in [3.63, 3.8) is 0 Å². The first-order chi connectivity index (χ1) is 9.20. The standard InChI is InChI=1S/C16H15Br2Cl/c17-11-12(9-13-5-1-3-7-15(13)18)10-14-6-2-4-8-16(14)19/h1-8,12H,9-11H2. The van der Waals surface area contributed by atoms with Gasteiger partial charge in [-0.15, -0.1) is 0 Å². The Labute approximate surface area is 136 Å². The summed E-state index contributed by atoms with van der Waals surface area (Å²) in [5.41, 5.74) is 2.57. The van der Waals surface area contributed by atoms with E-state index in [1.165, 1.54) is 15.6 Å². The van der Waals surface area contributed by atoms with Crippen LogP contribution in [0.2, 0.25) is 5.02 Å². The van der Waals surface area contributed by atoms with Crippen molar-refractivity contribution in [2.75, 3.05) is 5.33 Å². The topological polar surface area (TPSA) is 0 Å². The number of rotatable bonds is 5. The Bertz CT molecular complexity index is 492. The quantitative estimate of drug-likeness (QED) is 0.546. The second-order valence-corrected chi connectivity index (χ2v) is 6.52. The van der Waals surface area contributed by atoms with Crippen molar-refractivity contribution in [2.24, 2.45) is 5.92 Å². The van der Waals surface area contributed by atoms with Gasteiger partial charge in [0.1, 0.15) is 0 Å². The molecular formula is C16H15Br2Cl. The highest BCUT2D eigenvalue weighted by Gasteiger charge is 2.12. The third-order valence-electron chi connectivity index (χ3n) is 3.15. The lowest BCUT2D eigenvalue weighted by Gasteiger charge is -2.16. The highest BCUT2D eigenvalue weighted by Crippen LogP contribution is 2.25. The van der Waals surface area contributed by atoms with Crippen molar-refractivity contribution in [2.45, 2.75) is 12.8 Å². The predicted molar refractivity (Wildman–Crippen MR) is 90.3 cm³/mol. The van der Waals surface area contributed by atoms with E-state index in [4.69, 9.17) is 11.6 Å². The van der Waals surface area contributed by atoms with Gasteiger partial charge in [0, 0.05) is 14.8 Å². The van der Waals surface area contributed by atoms with Crippen molar-refractivity contribution in [1.29, 1.82) is 0 Å². The van der Waals surface area contributed by atoms with Gasteiger partial charge in [-0.05, 0) is 42.0 Å². The minimum absolute atomic E-state index is 0.540. The molecule has 0 aliphatic carbocycles. The SMILES string of the molecule is Clc1ccccc1CC(CBr)Cc1ccccc1Br. The van der Waals surface area contributed by atoms with Crippen molar-refractivity contribution in [3.05, 3.63) is 69.2 Å². The highest BCUT2D eigenvalue weighted by atomic mass is 79.9. The summed E-state index contributed by atoms with van der Waals surface area (Å²) in [5.74, 6) is 0.540. The maximum absolute atomic E-state index is 6.23. The van der Waals surface area contributed by atoms with Gasteiger partial charge >= 0.3 is 0 Å². The second-order valence-electron chi connectivity index (χ2n) is 4.61. The fourth-order valence-electron chi connectivity index (χ4n) is 2.13. The molecule has 0 aliphatic rings. The van der Waals surface area contributed by atoms with Gasteiger partial charge in [-0.1, -0.05) is 79.9 Å². The number of halogens is 3. The Morgan fingerprint density at radius 2 is 1.47 bits per heavy atom. The molecule has 1 unspecified atom stereocenters. The summed E-state index contributed by atoms with van der Waals surface area (Å²) in [7, 11) is 0. The predicted octanol–water partition coefficient (Wildman–Crippen LogP) is 5.90. The Hall–Kier alpha value is -0.310. The van der Waals surface area contributed by atoms with Gasteiger partial charge in [0.25, 0.3) is 0 Å². The average Bonchev–Trinajstić information content (AvgIpc) is 2.42. The lowest BCUT2D eigenvalue weighted by molar-refractivity contribution is 0.590. The van der Waals surface area contributed by atoms with Crippen molar-refractivity contribution < 1.29 is 0 Å². The molecule has 100 valence electrons. The molecule has 0 radical (unpaired) electrons. The van der Waals surface area contributed by atoms with Crippen molar-refractivity contribution >= 4 is 43.5 Å². The van der Waals surface area contributed by atoms with Gasteiger partial charge in [-0.25, -0.2) is 0 Å². The normalized spacial score (nSPS) is 12.4. The third-order valence-corrected chi connectivity index (χ3v) is 5.21. The van der Waals surface area contributed by atoms with Crippen LogP contribution in [0.1, 0.15) is 11.1 Å². The van der Waals surface area contributed by atoms with Gasteiger partial charge in [-0.2, -0.15) is 0 Å². The van der Waals surface area contributed by atoms with E-state index < -0.39 is 0 Å². The Balaban J connectivity index is 2.09. The fourth-order valence-corrected chi connectivity index (χ4v) is 3.25. The first-order valence-corrected chi connectivity index (χ1v) is 8.52. The molecule has 3 heteroatoms. The minimum atomic E-state index is 0.540. The molecule has 0 amide bonds. The molecule has 2 aromatic rings. The smallest absolute Gasteiger partial charge is 0.0438 e. The van der Waals surface area contributed by atoms with Crippen LogP contribution in [0.15, 0.2) is 53.0 Å². The van der Waals surface area contributed by atoms with Crippen LogP contribution in [0.3, 0.4) is 0 Å². The maximum atomic E-state index is 6.23. The highest BCUT2D eigenvalue weighted by molar-refractivity contribution is 9.10. The lowest BCUT2D eigenvalue weighted by atomic mass is 9.94. The molecule has 0 spiro atoms. The van der Waals surface area contributed by atoms with Gasteiger partial charge in [-0.3, -0.25) is 0 Å². The van der Waals surface area contributed by atoms with Crippen molar-refractivity contribution in [3.8, 4) is 0 Å². The van der Waals surface area contributed by atoms with Crippen LogP contribution in [-0.2, 0) is 12.8 Å². The van der Waals surface area contributed by atoms with Crippen LogP contribution in [0.4, 0.5) is 0 Å². The summed E-state index contributed by atoms with van der Waals surface area (Å²) in [6, 6.07) is 16.5. The lowest BCUT2D eigenvalue weighted by Crippen LogP contribution is -2.10. The summed E-state index contributed by atoms with van der Waals surface area (Å²) in [6.07, 6.45) is 2.03.